The maximum absolute atomic E-state index is 14.9. The Morgan fingerprint density at radius 3 is 1.56 bits per heavy atom. The molecule has 218 valence electrons. The molecule has 0 spiro atoms. The van der Waals surface area contributed by atoms with E-state index >= 15 is 0 Å². The predicted octanol–water partition coefficient (Wildman–Crippen LogP) is 5.86. The topological polar surface area (TPSA) is 65.1 Å². The van der Waals surface area contributed by atoms with Gasteiger partial charge in [-0.25, -0.2) is 0 Å². The Morgan fingerprint density at radius 2 is 1.12 bits per heavy atom. The van der Waals surface area contributed by atoms with Crippen molar-refractivity contribution >= 4 is 11.9 Å². The monoisotopic (exact) mass is 573 g/mol. The smallest absolute Gasteiger partial charge is 0.327 e. The standard InChI is InChI=1S/C37H35NO5/c1-19(2)25-26-21-14-8-9-15-22(21)27(25)29-28(26)36(34(39)41-3)30-31(33-24-17-11-10-16-23(24)32(30)43-33)37(29,35(40)42-4)38(36)18-20-12-6-5-7-13-20/h5-17,26-33H,18H2,1-4H3/t26-,27+,28+,29-,30-,31+,32+,33-,36-,37+. The average molecular weight is 574 g/mol. The maximum Gasteiger partial charge on any atom is 0.327 e. The summed E-state index contributed by atoms with van der Waals surface area (Å²) in [5.74, 6) is -1.34. The molecule has 3 saturated heterocycles. The van der Waals surface area contributed by atoms with Crippen LogP contribution in [0.1, 0.15) is 65.7 Å². The highest BCUT2D eigenvalue weighted by Gasteiger charge is 2.92. The molecule has 2 aliphatic carbocycles. The minimum Gasteiger partial charge on any atom is -0.468 e. The average Bonchev–Trinajstić information content (AvgIpc) is 3.85. The Balaban J connectivity index is 1.40. The van der Waals surface area contributed by atoms with Crippen LogP contribution >= 0.6 is 0 Å². The second kappa shape index (κ2) is 8.46. The lowest BCUT2D eigenvalue weighted by molar-refractivity contribution is -0.167. The van der Waals surface area contributed by atoms with Gasteiger partial charge in [0.15, 0.2) is 0 Å². The van der Waals surface area contributed by atoms with Crippen LogP contribution in [-0.2, 0) is 30.3 Å². The van der Waals surface area contributed by atoms with Gasteiger partial charge in [0.1, 0.15) is 11.1 Å². The predicted molar refractivity (Wildman–Crippen MR) is 159 cm³/mol. The number of carbonyl (C=O) groups is 2. The highest BCUT2D eigenvalue weighted by Crippen LogP contribution is 2.84. The van der Waals surface area contributed by atoms with Gasteiger partial charge in [0.2, 0.25) is 0 Å². The van der Waals surface area contributed by atoms with Crippen LogP contribution in [0.4, 0.5) is 0 Å². The fraction of sp³-hybridized carbons (Fsp3) is 0.405. The number of benzene rings is 3. The van der Waals surface area contributed by atoms with Crippen LogP contribution in [-0.4, -0.2) is 42.1 Å². The molecule has 3 aromatic rings. The Bertz CT molecular complexity index is 1650. The Kier molecular flexibility index (Phi) is 5.06. The summed E-state index contributed by atoms with van der Waals surface area (Å²) in [6.07, 6.45) is -0.610. The molecule has 6 nitrogen and oxygen atoms in total. The van der Waals surface area contributed by atoms with E-state index in [0.29, 0.717) is 6.54 Å². The van der Waals surface area contributed by atoms with Crippen LogP contribution in [0.2, 0.25) is 0 Å². The minimum absolute atomic E-state index is 0.00965. The Morgan fingerprint density at radius 1 is 0.674 bits per heavy atom. The number of esters is 2. The van der Waals surface area contributed by atoms with Crippen molar-refractivity contribution in [1.82, 2.24) is 4.90 Å². The van der Waals surface area contributed by atoms with Gasteiger partial charge in [-0.2, -0.15) is 0 Å². The molecule has 43 heavy (non-hydrogen) atoms. The zero-order chi connectivity index (χ0) is 29.4. The molecule has 3 aromatic carbocycles. The van der Waals surface area contributed by atoms with Crippen molar-refractivity contribution in [3.05, 3.63) is 118 Å². The summed E-state index contributed by atoms with van der Waals surface area (Å²) < 4.78 is 18.6. The van der Waals surface area contributed by atoms with Crippen LogP contribution in [0.3, 0.4) is 0 Å². The zero-order valence-corrected chi connectivity index (χ0v) is 24.8. The van der Waals surface area contributed by atoms with Crippen molar-refractivity contribution in [1.29, 1.82) is 0 Å². The third-order valence-electron chi connectivity index (χ3n) is 12.1. The molecule has 6 aliphatic rings. The molecule has 0 N–H and O–H groups in total. The number of hydrogen-bond donors (Lipinski definition) is 0. The third-order valence-corrected chi connectivity index (χ3v) is 12.1. The van der Waals surface area contributed by atoms with E-state index in [0.717, 1.165) is 16.7 Å². The van der Waals surface area contributed by atoms with Gasteiger partial charge in [-0.1, -0.05) is 90.0 Å². The van der Waals surface area contributed by atoms with Crippen molar-refractivity contribution in [3.8, 4) is 0 Å². The molecular formula is C37H35NO5. The second-order valence-corrected chi connectivity index (χ2v) is 13.5. The minimum atomic E-state index is -1.09. The summed E-state index contributed by atoms with van der Waals surface area (Å²) in [4.78, 5) is 32.1. The zero-order valence-electron chi connectivity index (χ0n) is 24.8. The van der Waals surface area contributed by atoms with Gasteiger partial charge in [0.25, 0.3) is 0 Å². The van der Waals surface area contributed by atoms with Crippen LogP contribution in [0.15, 0.2) is 90.0 Å². The van der Waals surface area contributed by atoms with E-state index in [1.165, 1.54) is 36.5 Å². The summed E-state index contributed by atoms with van der Waals surface area (Å²) in [6, 6.07) is 27.2. The number of allylic oxidation sites excluding steroid dienone is 2. The molecule has 10 atom stereocenters. The Hall–Kier alpha value is -3.74. The number of hydrogen-bond acceptors (Lipinski definition) is 6. The SMILES string of the molecule is COC(=O)[C@]12[C@@H]3[C@@H]([C@@H]4O[C@H]3c3ccccc34)[C@](C(=O)OC)([C@H]3[C@@H]1[C@H]1C(=C(C)C)[C@@H]3c3ccccc31)N2Cc1ccccc1. The number of ether oxygens (including phenoxy) is 3. The van der Waals surface area contributed by atoms with Crippen molar-refractivity contribution in [2.24, 2.45) is 23.7 Å². The van der Waals surface area contributed by atoms with Crippen LogP contribution in [0, 0.1) is 23.7 Å². The highest BCUT2D eigenvalue weighted by molar-refractivity contribution is 5.94. The van der Waals surface area contributed by atoms with Gasteiger partial charge < -0.3 is 14.2 Å². The fourth-order valence-electron chi connectivity index (χ4n) is 11.3. The van der Waals surface area contributed by atoms with E-state index in [-0.39, 0.29) is 59.7 Å². The molecule has 9 rings (SSSR count). The van der Waals surface area contributed by atoms with Crippen LogP contribution in [0.25, 0.3) is 0 Å². The van der Waals surface area contributed by atoms with Crippen molar-refractivity contribution in [2.45, 2.75) is 55.5 Å². The summed E-state index contributed by atoms with van der Waals surface area (Å²) in [5, 5.41) is 0. The van der Waals surface area contributed by atoms with Gasteiger partial charge in [-0.3, -0.25) is 14.5 Å². The lowest BCUT2D eigenvalue weighted by atomic mass is 9.49. The molecule has 4 heterocycles. The maximum atomic E-state index is 14.9. The molecular weight excluding hydrogens is 538 g/mol. The van der Waals surface area contributed by atoms with Crippen molar-refractivity contribution < 1.29 is 23.8 Å². The fourth-order valence-corrected chi connectivity index (χ4v) is 11.3. The largest absolute Gasteiger partial charge is 0.468 e. The molecule has 6 bridgehead atoms. The Labute approximate surface area is 251 Å². The first-order valence-electron chi connectivity index (χ1n) is 15.4. The molecule has 4 aliphatic heterocycles. The molecule has 0 unspecified atom stereocenters. The molecule has 0 radical (unpaired) electrons. The first kappa shape index (κ1) is 25.7. The first-order chi connectivity index (χ1) is 20.9. The van der Waals surface area contributed by atoms with Gasteiger partial charge in [0.05, 0.1) is 26.4 Å². The highest BCUT2D eigenvalue weighted by atomic mass is 16.5. The molecule has 0 aromatic heterocycles. The second-order valence-electron chi connectivity index (χ2n) is 13.5. The van der Waals surface area contributed by atoms with Gasteiger partial charge >= 0.3 is 11.9 Å². The molecule has 0 amide bonds. The number of carbonyl (C=O) groups excluding carboxylic acids is 2. The number of nitrogens with zero attached hydrogens (tertiary/aromatic N) is 1. The van der Waals surface area contributed by atoms with Gasteiger partial charge in [-0.15, -0.1) is 0 Å². The molecule has 6 heteroatoms. The van der Waals surface area contributed by atoms with Crippen molar-refractivity contribution in [2.75, 3.05) is 14.2 Å². The van der Waals surface area contributed by atoms with E-state index in [2.05, 4.69) is 67.3 Å². The number of fused-ring (bicyclic) bond motifs is 22. The van der Waals surface area contributed by atoms with E-state index < -0.39 is 11.1 Å². The molecule has 4 fully saturated rings. The van der Waals surface area contributed by atoms with Gasteiger partial charge in [0, 0.05) is 42.1 Å². The lowest BCUT2D eigenvalue weighted by Gasteiger charge is -2.49. The first-order valence-corrected chi connectivity index (χ1v) is 15.4. The van der Waals surface area contributed by atoms with E-state index in [9.17, 15) is 9.59 Å². The van der Waals surface area contributed by atoms with E-state index in [1.54, 1.807) is 0 Å². The van der Waals surface area contributed by atoms with E-state index in [1.807, 2.05) is 30.3 Å². The van der Waals surface area contributed by atoms with Crippen LogP contribution in [0.5, 0.6) is 0 Å². The lowest BCUT2D eigenvalue weighted by Crippen LogP contribution is -2.60. The summed E-state index contributed by atoms with van der Waals surface area (Å²) >= 11 is 0. The summed E-state index contributed by atoms with van der Waals surface area (Å²) in [6.45, 7) is 4.82. The molecule has 1 saturated carbocycles. The normalized spacial score (nSPS) is 38.5. The number of rotatable bonds is 4. The quantitative estimate of drug-likeness (QED) is 0.288. The van der Waals surface area contributed by atoms with Crippen molar-refractivity contribution in [3.63, 3.8) is 0 Å². The van der Waals surface area contributed by atoms with Gasteiger partial charge in [-0.05, 0) is 41.7 Å². The third kappa shape index (κ3) is 2.63. The number of methoxy groups -OCH3 is 2. The summed E-state index contributed by atoms with van der Waals surface area (Å²) in [7, 11) is 3.01. The summed E-state index contributed by atoms with van der Waals surface area (Å²) in [5.41, 5.74) is 6.33. The van der Waals surface area contributed by atoms with E-state index in [4.69, 9.17) is 14.2 Å². The van der Waals surface area contributed by atoms with Crippen LogP contribution < -0.4 is 0 Å².